The Labute approximate surface area is 147 Å². The number of nitrogens with zero attached hydrogens (tertiary/aromatic N) is 1. The van der Waals surface area contributed by atoms with Crippen LogP contribution in [0.1, 0.15) is 38.5 Å². The van der Waals surface area contributed by atoms with Crippen LogP contribution < -0.4 is 10.1 Å². The van der Waals surface area contributed by atoms with Gasteiger partial charge in [0.1, 0.15) is 0 Å². The molecule has 2 aliphatic rings. The number of nitrogens with one attached hydrogen (secondary N) is 1. The molecule has 1 aromatic rings. The second-order valence-corrected chi connectivity index (χ2v) is 6.87. The quantitative estimate of drug-likeness (QED) is 0.909. The van der Waals surface area contributed by atoms with E-state index in [1.54, 1.807) is 6.07 Å². The van der Waals surface area contributed by atoms with Crippen molar-refractivity contribution < 1.29 is 18.7 Å². The molecule has 2 atom stereocenters. The average molecular weight is 348 g/mol. The van der Waals surface area contributed by atoms with Gasteiger partial charge in [-0.15, -0.1) is 0 Å². The van der Waals surface area contributed by atoms with Gasteiger partial charge in [-0.1, -0.05) is 12.8 Å². The molecule has 25 heavy (non-hydrogen) atoms. The molecule has 2 amide bonds. The van der Waals surface area contributed by atoms with E-state index in [1.165, 1.54) is 19.2 Å². The van der Waals surface area contributed by atoms with Crippen molar-refractivity contribution in [2.24, 2.45) is 11.8 Å². The molecule has 1 N–H and O–H groups in total. The molecular formula is C19H25FN2O3. The summed E-state index contributed by atoms with van der Waals surface area (Å²) in [6.45, 7) is 1.60. The van der Waals surface area contributed by atoms with E-state index < -0.39 is 5.82 Å². The third kappa shape index (κ3) is 3.94. The van der Waals surface area contributed by atoms with E-state index in [-0.39, 0.29) is 29.4 Å². The summed E-state index contributed by atoms with van der Waals surface area (Å²) in [6, 6.07) is 4.34. The first-order valence-corrected chi connectivity index (χ1v) is 9.03. The van der Waals surface area contributed by atoms with Crippen LogP contribution in [0, 0.1) is 17.7 Å². The van der Waals surface area contributed by atoms with Crippen LogP contribution in [0.5, 0.6) is 5.75 Å². The predicted molar refractivity (Wildman–Crippen MR) is 92.8 cm³/mol. The number of hydrogen-bond acceptors (Lipinski definition) is 3. The second kappa shape index (κ2) is 7.85. The molecule has 2 fully saturated rings. The number of hydrogen-bond donors (Lipinski definition) is 1. The molecule has 3 rings (SSSR count). The Hall–Kier alpha value is -2.11. The minimum atomic E-state index is -0.520. The van der Waals surface area contributed by atoms with E-state index in [0.29, 0.717) is 12.1 Å². The lowest BCUT2D eigenvalue weighted by atomic mass is 9.77. The highest BCUT2D eigenvalue weighted by Gasteiger charge is 2.38. The lowest BCUT2D eigenvalue weighted by Gasteiger charge is -2.32. The zero-order valence-corrected chi connectivity index (χ0v) is 14.6. The van der Waals surface area contributed by atoms with E-state index in [0.717, 1.165) is 45.2 Å². The van der Waals surface area contributed by atoms with Gasteiger partial charge in [-0.3, -0.25) is 9.59 Å². The van der Waals surface area contributed by atoms with E-state index >= 15 is 0 Å². The summed E-state index contributed by atoms with van der Waals surface area (Å²) in [6.07, 6.45) is 5.46. The fourth-order valence-corrected chi connectivity index (χ4v) is 3.89. The molecule has 0 radical (unpaired) electrons. The van der Waals surface area contributed by atoms with Gasteiger partial charge in [-0.25, -0.2) is 4.39 Å². The summed E-state index contributed by atoms with van der Waals surface area (Å²) in [5.41, 5.74) is 0.390. The molecule has 0 bridgehead atoms. The van der Waals surface area contributed by atoms with Gasteiger partial charge < -0.3 is 15.0 Å². The Morgan fingerprint density at radius 2 is 1.80 bits per heavy atom. The van der Waals surface area contributed by atoms with E-state index in [9.17, 15) is 14.0 Å². The Morgan fingerprint density at radius 3 is 2.44 bits per heavy atom. The molecule has 1 saturated heterocycles. The van der Waals surface area contributed by atoms with Crippen molar-refractivity contribution in [1.29, 1.82) is 0 Å². The van der Waals surface area contributed by atoms with Crippen LogP contribution in [0.2, 0.25) is 0 Å². The molecule has 5 nitrogen and oxygen atoms in total. The molecule has 1 saturated carbocycles. The summed E-state index contributed by atoms with van der Waals surface area (Å²) in [7, 11) is 1.40. The highest BCUT2D eigenvalue weighted by molar-refractivity contribution is 5.96. The summed E-state index contributed by atoms with van der Waals surface area (Å²) >= 11 is 0. The number of methoxy groups -OCH3 is 1. The molecule has 6 heteroatoms. The van der Waals surface area contributed by atoms with Crippen molar-refractivity contribution in [3.05, 3.63) is 24.0 Å². The Balaban J connectivity index is 1.70. The van der Waals surface area contributed by atoms with Gasteiger partial charge in [0.05, 0.1) is 7.11 Å². The zero-order chi connectivity index (χ0) is 17.8. The molecule has 1 aliphatic carbocycles. The Bertz CT molecular complexity index is 644. The summed E-state index contributed by atoms with van der Waals surface area (Å²) in [4.78, 5) is 27.4. The largest absolute Gasteiger partial charge is 0.494 e. The second-order valence-electron chi connectivity index (χ2n) is 6.87. The van der Waals surface area contributed by atoms with Crippen LogP contribution in [0.25, 0.3) is 0 Å². The molecule has 1 aromatic carbocycles. The van der Waals surface area contributed by atoms with E-state index in [1.807, 2.05) is 4.90 Å². The van der Waals surface area contributed by atoms with Gasteiger partial charge in [0.15, 0.2) is 11.6 Å². The van der Waals surface area contributed by atoms with Gasteiger partial charge in [-0.05, 0) is 37.8 Å². The van der Waals surface area contributed by atoms with Gasteiger partial charge in [0.2, 0.25) is 11.8 Å². The van der Waals surface area contributed by atoms with Crippen molar-refractivity contribution in [1.82, 2.24) is 4.90 Å². The van der Waals surface area contributed by atoms with Crippen LogP contribution in [0.3, 0.4) is 0 Å². The van der Waals surface area contributed by atoms with Gasteiger partial charge >= 0.3 is 0 Å². The van der Waals surface area contributed by atoms with Crippen molar-refractivity contribution in [2.75, 3.05) is 25.5 Å². The minimum absolute atomic E-state index is 0.110. The number of rotatable bonds is 4. The van der Waals surface area contributed by atoms with Crippen LogP contribution in [0.15, 0.2) is 18.2 Å². The van der Waals surface area contributed by atoms with Gasteiger partial charge in [-0.2, -0.15) is 0 Å². The fraction of sp³-hybridized carbons (Fsp3) is 0.579. The van der Waals surface area contributed by atoms with Gasteiger partial charge in [0, 0.05) is 36.7 Å². The number of benzene rings is 1. The highest BCUT2D eigenvalue weighted by Crippen LogP contribution is 2.33. The summed E-state index contributed by atoms with van der Waals surface area (Å²) < 4.78 is 18.7. The van der Waals surface area contributed by atoms with E-state index in [2.05, 4.69) is 5.32 Å². The maximum absolute atomic E-state index is 13.8. The third-order valence-electron chi connectivity index (χ3n) is 5.26. The molecule has 0 spiro atoms. The number of carbonyl (C=O) groups excluding carboxylic acids is 2. The third-order valence-corrected chi connectivity index (χ3v) is 5.26. The lowest BCUT2D eigenvalue weighted by molar-refractivity contribution is -0.141. The maximum atomic E-state index is 13.8. The molecular weight excluding hydrogens is 323 g/mol. The topological polar surface area (TPSA) is 58.6 Å². The van der Waals surface area contributed by atoms with Gasteiger partial charge in [0.25, 0.3) is 0 Å². The number of anilines is 1. The highest BCUT2D eigenvalue weighted by atomic mass is 19.1. The molecule has 1 aliphatic heterocycles. The summed E-state index contributed by atoms with van der Waals surface area (Å²) in [5, 5.41) is 2.77. The first kappa shape index (κ1) is 17.7. The number of carbonyl (C=O) groups is 2. The van der Waals surface area contributed by atoms with Crippen molar-refractivity contribution in [3.63, 3.8) is 0 Å². The molecule has 1 heterocycles. The van der Waals surface area contributed by atoms with Crippen molar-refractivity contribution in [2.45, 2.75) is 38.5 Å². The molecule has 0 unspecified atom stereocenters. The molecule has 136 valence electrons. The SMILES string of the molecule is COc1ccc(NC(=O)[C@@H]2CCCC[C@@H]2C(=O)N2CCCC2)cc1F. The van der Waals surface area contributed by atoms with Crippen LogP contribution >= 0.6 is 0 Å². The Morgan fingerprint density at radius 1 is 1.12 bits per heavy atom. The first-order valence-electron chi connectivity index (χ1n) is 9.03. The van der Waals surface area contributed by atoms with Crippen LogP contribution in [-0.4, -0.2) is 36.9 Å². The molecule has 0 aromatic heterocycles. The smallest absolute Gasteiger partial charge is 0.228 e. The predicted octanol–water partition coefficient (Wildman–Crippen LogP) is 3.20. The summed E-state index contributed by atoms with van der Waals surface area (Å²) in [5.74, 6) is -1.06. The monoisotopic (exact) mass is 348 g/mol. The number of amides is 2. The Kier molecular flexibility index (Phi) is 5.56. The number of halogens is 1. The van der Waals surface area contributed by atoms with Crippen LogP contribution in [0.4, 0.5) is 10.1 Å². The fourth-order valence-electron chi connectivity index (χ4n) is 3.89. The number of likely N-dealkylation sites (tertiary alicyclic amines) is 1. The standard InChI is InChI=1S/C19H25FN2O3/c1-25-17-9-8-13(12-16(17)20)21-18(23)14-6-2-3-7-15(14)19(24)22-10-4-5-11-22/h8-9,12,14-15H,2-7,10-11H2,1H3,(H,21,23)/t14-,15+/m1/s1. The minimum Gasteiger partial charge on any atom is -0.494 e. The van der Waals surface area contributed by atoms with Crippen LogP contribution in [-0.2, 0) is 9.59 Å². The lowest BCUT2D eigenvalue weighted by Crippen LogP contribution is -2.42. The number of ether oxygens (including phenoxy) is 1. The zero-order valence-electron chi connectivity index (χ0n) is 14.6. The average Bonchev–Trinajstić information content (AvgIpc) is 3.16. The van der Waals surface area contributed by atoms with Crippen molar-refractivity contribution >= 4 is 17.5 Å². The normalized spacial score (nSPS) is 23.4. The van der Waals surface area contributed by atoms with E-state index in [4.69, 9.17) is 4.74 Å². The maximum Gasteiger partial charge on any atom is 0.228 e. The van der Waals surface area contributed by atoms with Crippen molar-refractivity contribution in [3.8, 4) is 5.75 Å². The first-order chi connectivity index (χ1) is 12.1.